The molecule has 1 fully saturated rings. The van der Waals surface area contributed by atoms with E-state index < -0.39 is 6.04 Å². The maximum absolute atomic E-state index is 11.6. The molecule has 0 heterocycles. The smallest absolute Gasteiger partial charge is 0.237 e. The zero-order chi connectivity index (χ0) is 11.6. The Morgan fingerprint density at radius 1 is 1.67 bits per heavy atom. The van der Waals surface area contributed by atoms with Crippen LogP contribution >= 0.6 is 0 Å². The molecular formula is C11H22N2O2. The van der Waals surface area contributed by atoms with Crippen LogP contribution < -0.4 is 11.1 Å². The minimum Gasteiger partial charge on any atom is -0.392 e. The van der Waals surface area contributed by atoms with Crippen molar-refractivity contribution in [1.29, 1.82) is 0 Å². The highest BCUT2D eigenvalue weighted by Crippen LogP contribution is 2.40. The van der Waals surface area contributed by atoms with Crippen LogP contribution in [0.5, 0.6) is 0 Å². The number of carbonyl (C=O) groups is 1. The van der Waals surface area contributed by atoms with E-state index in [0.717, 1.165) is 6.42 Å². The molecule has 0 saturated heterocycles. The molecular weight excluding hydrogens is 192 g/mol. The van der Waals surface area contributed by atoms with E-state index in [2.05, 4.69) is 5.32 Å². The SMILES string of the molecule is CCC[C@@H](N)C(=O)NC1CC(O)C1(C)C. The Morgan fingerprint density at radius 3 is 2.67 bits per heavy atom. The van der Waals surface area contributed by atoms with Gasteiger partial charge >= 0.3 is 0 Å². The van der Waals surface area contributed by atoms with Crippen molar-refractivity contribution in [3.05, 3.63) is 0 Å². The Labute approximate surface area is 91.2 Å². The van der Waals surface area contributed by atoms with Crippen molar-refractivity contribution in [2.24, 2.45) is 11.1 Å². The number of aliphatic hydroxyl groups is 1. The van der Waals surface area contributed by atoms with Crippen molar-refractivity contribution in [3.63, 3.8) is 0 Å². The standard InChI is InChI=1S/C11H22N2O2/c1-4-5-7(12)10(15)13-8-6-9(14)11(8,2)3/h7-9,14H,4-6,12H2,1-3H3,(H,13,15)/t7-,8?,9?/m1/s1. The average molecular weight is 214 g/mol. The predicted octanol–water partition coefficient (Wildman–Crippen LogP) is 0.389. The number of nitrogens with one attached hydrogen (secondary N) is 1. The van der Waals surface area contributed by atoms with Crippen molar-refractivity contribution in [2.75, 3.05) is 0 Å². The fraction of sp³-hybridized carbons (Fsp3) is 0.909. The van der Waals surface area contributed by atoms with Crippen LogP contribution in [0.25, 0.3) is 0 Å². The molecule has 1 aliphatic rings. The van der Waals surface area contributed by atoms with Gasteiger partial charge < -0.3 is 16.2 Å². The summed E-state index contributed by atoms with van der Waals surface area (Å²) in [6, 6.07) is -0.355. The lowest BCUT2D eigenvalue weighted by molar-refractivity contribution is -0.130. The van der Waals surface area contributed by atoms with Crippen molar-refractivity contribution in [3.8, 4) is 0 Å². The topological polar surface area (TPSA) is 75.4 Å². The molecule has 0 aromatic heterocycles. The largest absolute Gasteiger partial charge is 0.392 e. The summed E-state index contributed by atoms with van der Waals surface area (Å²) in [7, 11) is 0. The van der Waals surface area contributed by atoms with E-state index in [1.54, 1.807) is 0 Å². The van der Waals surface area contributed by atoms with Crippen LogP contribution in [0.15, 0.2) is 0 Å². The van der Waals surface area contributed by atoms with Crippen LogP contribution in [0, 0.1) is 5.41 Å². The van der Waals surface area contributed by atoms with E-state index in [0.29, 0.717) is 12.8 Å². The molecule has 0 spiro atoms. The maximum Gasteiger partial charge on any atom is 0.237 e. The number of carbonyl (C=O) groups excluding carboxylic acids is 1. The van der Waals surface area contributed by atoms with Gasteiger partial charge in [0.05, 0.1) is 12.1 Å². The van der Waals surface area contributed by atoms with Gasteiger partial charge in [0.1, 0.15) is 0 Å². The molecule has 4 nitrogen and oxygen atoms in total. The molecule has 0 aromatic carbocycles. The zero-order valence-corrected chi connectivity index (χ0v) is 9.79. The van der Waals surface area contributed by atoms with Gasteiger partial charge in [0.2, 0.25) is 5.91 Å². The second kappa shape index (κ2) is 4.49. The monoisotopic (exact) mass is 214 g/mol. The van der Waals surface area contributed by atoms with Crippen LogP contribution in [-0.4, -0.2) is 29.2 Å². The van der Waals surface area contributed by atoms with Gasteiger partial charge in [-0.15, -0.1) is 0 Å². The quantitative estimate of drug-likeness (QED) is 0.633. The third-order valence-electron chi connectivity index (χ3n) is 3.47. The van der Waals surface area contributed by atoms with Gasteiger partial charge in [-0.05, 0) is 12.8 Å². The Hall–Kier alpha value is -0.610. The number of amides is 1. The van der Waals surface area contributed by atoms with Crippen molar-refractivity contribution < 1.29 is 9.90 Å². The van der Waals surface area contributed by atoms with Crippen LogP contribution in [0.3, 0.4) is 0 Å². The van der Waals surface area contributed by atoms with E-state index in [1.807, 2.05) is 20.8 Å². The highest BCUT2D eigenvalue weighted by Gasteiger charge is 2.48. The first-order valence-corrected chi connectivity index (χ1v) is 5.63. The number of hydrogen-bond acceptors (Lipinski definition) is 3. The van der Waals surface area contributed by atoms with E-state index in [-0.39, 0.29) is 23.5 Å². The van der Waals surface area contributed by atoms with Gasteiger partial charge in [0, 0.05) is 11.5 Å². The first-order valence-electron chi connectivity index (χ1n) is 5.63. The molecule has 15 heavy (non-hydrogen) atoms. The third kappa shape index (κ3) is 2.49. The molecule has 2 unspecified atom stereocenters. The lowest BCUT2D eigenvalue weighted by Gasteiger charge is -2.49. The molecule has 0 radical (unpaired) electrons. The summed E-state index contributed by atoms with van der Waals surface area (Å²) in [4.78, 5) is 11.6. The Bertz CT molecular complexity index is 241. The molecule has 1 aliphatic carbocycles. The Morgan fingerprint density at radius 2 is 2.27 bits per heavy atom. The van der Waals surface area contributed by atoms with Gasteiger partial charge in [-0.1, -0.05) is 27.2 Å². The predicted molar refractivity (Wildman–Crippen MR) is 59.2 cm³/mol. The highest BCUT2D eigenvalue weighted by atomic mass is 16.3. The molecule has 0 bridgehead atoms. The Balaban J connectivity index is 2.40. The molecule has 1 rings (SSSR count). The van der Waals surface area contributed by atoms with Gasteiger partial charge in [-0.25, -0.2) is 0 Å². The third-order valence-corrected chi connectivity index (χ3v) is 3.47. The normalized spacial score (nSPS) is 30.5. The van der Waals surface area contributed by atoms with Crippen LogP contribution in [0.2, 0.25) is 0 Å². The lowest BCUT2D eigenvalue weighted by atomic mass is 9.64. The van der Waals surface area contributed by atoms with Crippen molar-refractivity contribution >= 4 is 5.91 Å². The van der Waals surface area contributed by atoms with E-state index in [1.165, 1.54) is 0 Å². The van der Waals surface area contributed by atoms with Gasteiger partial charge in [-0.3, -0.25) is 4.79 Å². The summed E-state index contributed by atoms with van der Waals surface area (Å²) in [5, 5.41) is 12.4. The molecule has 4 heteroatoms. The summed E-state index contributed by atoms with van der Waals surface area (Å²) in [5.41, 5.74) is 5.48. The highest BCUT2D eigenvalue weighted by molar-refractivity contribution is 5.81. The van der Waals surface area contributed by atoms with Crippen LogP contribution in [0.4, 0.5) is 0 Å². The van der Waals surface area contributed by atoms with Crippen molar-refractivity contribution in [1.82, 2.24) is 5.32 Å². The van der Waals surface area contributed by atoms with Crippen molar-refractivity contribution in [2.45, 2.75) is 58.2 Å². The van der Waals surface area contributed by atoms with Gasteiger partial charge in [0.15, 0.2) is 0 Å². The molecule has 1 saturated carbocycles. The summed E-state index contributed by atoms with van der Waals surface area (Å²) in [6.45, 7) is 5.92. The average Bonchev–Trinajstić information content (AvgIpc) is 2.17. The van der Waals surface area contributed by atoms with Crippen LogP contribution in [0.1, 0.15) is 40.0 Å². The molecule has 0 aromatic rings. The minimum atomic E-state index is -0.413. The molecule has 4 N–H and O–H groups in total. The number of hydrogen-bond donors (Lipinski definition) is 3. The lowest BCUT2D eigenvalue weighted by Crippen LogP contribution is -2.62. The van der Waals surface area contributed by atoms with E-state index in [4.69, 9.17) is 5.73 Å². The number of aliphatic hydroxyl groups excluding tert-OH is 1. The summed E-state index contributed by atoms with van der Waals surface area (Å²) in [6.07, 6.45) is 1.94. The summed E-state index contributed by atoms with van der Waals surface area (Å²) < 4.78 is 0. The van der Waals surface area contributed by atoms with Gasteiger partial charge in [-0.2, -0.15) is 0 Å². The van der Waals surface area contributed by atoms with Crippen LogP contribution in [-0.2, 0) is 4.79 Å². The minimum absolute atomic E-state index is 0.0582. The summed E-state index contributed by atoms with van der Waals surface area (Å²) >= 11 is 0. The Kier molecular flexibility index (Phi) is 3.73. The van der Waals surface area contributed by atoms with Gasteiger partial charge in [0.25, 0.3) is 0 Å². The second-order valence-electron chi connectivity index (χ2n) is 5.03. The molecule has 0 aliphatic heterocycles. The molecule has 3 atom stereocenters. The fourth-order valence-electron chi connectivity index (χ4n) is 1.87. The fourth-order valence-corrected chi connectivity index (χ4v) is 1.87. The van der Waals surface area contributed by atoms with E-state index in [9.17, 15) is 9.90 Å². The first-order chi connectivity index (χ1) is 6.89. The number of rotatable bonds is 4. The summed E-state index contributed by atoms with van der Waals surface area (Å²) in [5.74, 6) is -0.0955. The van der Waals surface area contributed by atoms with E-state index >= 15 is 0 Å². The molecule has 1 amide bonds. The second-order valence-corrected chi connectivity index (χ2v) is 5.03. The zero-order valence-electron chi connectivity index (χ0n) is 9.79. The first kappa shape index (κ1) is 12.5. The molecule has 88 valence electrons. The number of nitrogens with two attached hydrogens (primary N) is 1. The maximum atomic E-state index is 11.6.